The Bertz CT molecular complexity index is 1220. The van der Waals surface area contributed by atoms with Crippen LogP contribution in [0.25, 0.3) is 0 Å². The standard InChI is InChI=1S/C24H20ClN3O3/c1-14-3-4-15(2)19(11-14)21-13-22-20-12-17(25)7-10-23(20)31-24(27(22)26-21)16-5-8-18(9-6-16)28(29)30/h3-12,22,24H,13H2,1-2H3. The smallest absolute Gasteiger partial charge is 0.269 e. The van der Waals surface area contributed by atoms with Gasteiger partial charge >= 0.3 is 0 Å². The Morgan fingerprint density at radius 2 is 1.87 bits per heavy atom. The molecule has 2 aliphatic rings. The van der Waals surface area contributed by atoms with Gasteiger partial charge in [0, 0.05) is 40.3 Å². The van der Waals surface area contributed by atoms with E-state index in [0.29, 0.717) is 5.02 Å². The van der Waals surface area contributed by atoms with E-state index in [0.717, 1.165) is 34.6 Å². The van der Waals surface area contributed by atoms with Gasteiger partial charge in [0.15, 0.2) is 0 Å². The number of halogens is 1. The molecule has 0 radical (unpaired) electrons. The summed E-state index contributed by atoms with van der Waals surface area (Å²) in [6.45, 7) is 4.16. The predicted octanol–water partition coefficient (Wildman–Crippen LogP) is 6.11. The lowest BCUT2D eigenvalue weighted by molar-refractivity contribution is -0.384. The predicted molar refractivity (Wildman–Crippen MR) is 120 cm³/mol. The lowest BCUT2D eigenvalue weighted by atomic mass is 9.93. The first kappa shape index (κ1) is 19.6. The molecule has 0 aromatic heterocycles. The van der Waals surface area contributed by atoms with E-state index in [4.69, 9.17) is 21.4 Å². The van der Waals surface area contributed by atoms with Gasteiger partial charge in [-0.05, 0) is 55.8 Å². The van der Waals surface area contributed by atoms with Crippen molar-refractivity contribution in [2.24, 2.45) is 5.10 Å². The number of benzene rings is 3. The van der Waals surface area contributed by atoms with E-state index in [1.807, 2.05) is 23.2 Å². The number of aryl methyl sites for hydroxylation is 2. The Morgan fingerprint density at radius 3 is 2.61 bits per heavy atom. The van der Waals surface area contributed by atoms with Crippen molar-refractivity contribution < 1.29 is 9.66 Å². The molecule has 0 saturated carbocycles. The van der Waals surface area contributed by atoms with E-state index in [2.05, 4.69) is 32.0 Å². The van der Waals surface area contributed by atoms with E-state index >= 15 is 0 Å². The van der Waals surface area contributed by atoms with Crippen molar-refractivity contribution >= 4 is 23.0 Å². The third-order valence-corrected chi connectivity index (χ3v) is 6.08. The van der Waals surface area contributed by atoms with Crippen LogP contribution in [0.5, 0.6) is 5.75 Å². The molecule has 2 aliphatic heterocycles. The first-order valence-corrected chi connectivity index (χ1v) is 10.4. The number of fused-ring (bicyclic) bond motifs is 3. The van der Waals surface area contributed by atoms with Crippen LogP contribution in [-0.2, 0) is 0 Å². The van der Waals surface area contributed by atoms with Crippen LogP contribution >= 0.6 is 11.6 Å². The Hall–Kier alpha value is -3.38. The molecule has 2 heterocycles. The van der Waals surface area contributed by atoms with E-state index in [-0.39, 0.29) is 11.7 Å². The zero-order valence-corrected chi connectivity index (χ0v) is 17.8. The Kier molecular flexibility index (Phi) is 4.67. The number of nitro groups is 1. The van der Waals surface area contributed by atoms with Gasteiger partial charge in [-0.25, -0.2) is 5.01 Å². The van der Waals surface area contributed by atoms with Crippen molar-refractivity contribution in [1.82, 2.24) is 5.01 Å². The highest BCUT2D eigenvalue weighted by Gasteiger charge is 2.41. The van der Waals surface area contributed by atoms with Gasteiger partial charge in [0.1, 0.15) is 5.75 Å². The third-order valence-electron chi connectivity index (χ3n) is 5.84. The average molecular weight is 434 g/mol. The molecule has 7 heteroatoms. The van der Waals surface area contributed by atoms with Crippen LogP contribution in [0.2, 0.25) is 5.02 Å². The molecule has 0 spiro atoms. The highest BCUT2D eigenvalue weighted by molar-refractivity contribution is 6.30. The molecule has 0 amide bonds. The highest BCUT2D eigenvalue weighted by atomic mass is 35.5. The zero-order chi connectivity index (χ0) is 21.7. The van der Waals surface area contributed by atoms with E-state index < -0.39 is 11.2 Å². The van der Waals surface area contributed by atoms with Crippen molar-refractivity contribution in [2.45, 2.75) is 32.5 Å². The van der Waals surface area contributed by atoms with Gasteiger partial charge in [0.2, 0.25) is 6.23 Å². The third kappa shape index (κ3) is 3.43. The van der Waals surface area contributed by atoms with Gasteiger partial charge in [0.25, 0.3) is 5.69 Å². The summed E-state index contributed by atoms with van der Waals surface area (Å²) in [5.41, 5.74) is 6.32. The molecule has 3 aromatic carbocycles. The summed E-state index contributed by atoms with van der Waals surface area (Å²) in [6.07, 6.45) is 0.242. The number of ether oxygens (including phenoxy) is 1. The normalized spacial score (nSPS) is 19.3. The molecule has 0 N–H and O–H groups in total. The molecule has 0 aliphatic carbocycles. The quantitative estimate of drug-likeness (QED) is 0.369. The molecular formula is C24H20ClN3O3. The second-order valence-corrected chi connectivity index (χ2v) is 8.40. The zero-order valence-electron chi connectivity index (χ0n) is 17.1. The number of rotatable bonds is 3. The fraction of sp³-hybridized carbons (Fsp3) is 0.208. The Morgan fingerprint density at radius 1 is 1.10 bits per heavy atom. The van der Waals surface area contributed by atoms with Gasteiger partial charge in [-0.15, -0.1) is 0 Å². The van der Waals surface area contributed by atoms with Gasteiger partial charge in [-0.2, -0.15) is 5.10 Å². The summed E-state index contributed by atoms with van der Waals surface area (Å²) >= 11 is 6.29. The number of hydrogen-bond donors (Lipinski definition) is 0. The van der Waals surface area contributed by atoms with Gasteiger partial charge in [0.05, 0.1) is 16.7 Å². The molecule has 3 aromatic rings. The number of hydrogen-bond acceptors (Lipinski definition) is 5. The van der Waals surface area contributed by atoms with Crippen LogP contribution in [-0.4, -0.2) is 15.6 Å². The van der Waals surface area contributed by atoms with Gasteiger partial charge in [-0.1, -0.05) is 29.3 Å². The maximum atomic E-state index is 11.1. The molecular weight excluding hydrogens is 414 g/mol. The topological polar surface area (TPSA) is 68.0 Å². The maximum absolute atomic E-state index is 11.1. The van der Waals surface area contributed by atoms with Crippen molar-refractivity contribution in [2.75, 3.05) is 0 Å². The molecule has 5 rings (SSSR count). The summed E-state index contributed by atoms with van der Waals surface area (Å²) in [5.74, 6) is 0.756. The molecule has 156 valence electrons. The van der Waals surface area contributed by atoms with Gasteiger partial charge < -0.3 is 4.74 Å². The van der Waals surface area contributed by atoms with Crippen LogP contribution in [0.3, 0.4) is 0 Å². The Labute approximate surface area is 184 Å². The largest absolute Gasteiger partial charge is 0.464 e. The molecule has 0 fully saturated rings. The molecule has 0 saturated heterocycles. The molecule has 2 unspecified atom stereocenters. The Balaban J connectivity index is 1.60. The van der Waals surface area contributed by atoms with Crippen molar-refractivity contribution in [1.29, 1.82) is 0 Å². The number of hydrazone groups is 1. The van der Waals surface area contributed by atoms with Crippen LogP contribution in [0, 0.1) is 24.0 Å². The average Bonchev–Trinajstić information content (AvgIpc) is 3.20. The second-order valence-electron chi connectivity index (χ2n) is 7.97. The van der Waals surface area contributed by atoms with Gasteiger partial charge in [-0.3, -0.25) is 10.1 Å². The first-order valence-electron chi connectivity index (χ1n) is 10.0. The second kappa shape index (κ2) is 7.39. The highest BCUT2D eigenvalue weighted by Crippen LogP contribution is 2.48. The lowest BCUT2D eigenvalue weighted by Crippen LogP contribution is -2.33. The first-order chi connectivity index (χ1) is 14.9. The summed E-state index contributed by atoms with van der Waals surface area (Å²) in [5, 5.41) is 18.6. The number of nitrogens with zero attached hydrogens (tertiary/aromatic N) is 3. The number of non-ortho nitro benzene ring substituents is 1. The van der Waals surface area contributed by atoms with Crippen LogP contribution in [0.15, 0.2) is 65.8 Å². The SMILES string of the molecule is Cc1ccc(C)c(C2=NN3C(C2)c2cc(Cl)ccc2OC3c2ccc([N+](=O)[O-])cc2)c1. The summed E-state index contributed by atoms with van der Waals surface area (Å²) in [4.78, 5) is 10.7. The maximum Gasteiger partial charge on any atom is 0.269 e. The summed E-state index contributed by atoms with van der Waals surface area (Å²) < 4.78 is 6.32. The molecule has 31 heavy (non-hydrogen) atoms. The summed E-state index contributed by atoms with van der Waals surface area (Å²) in [6, 6.07) is 18.4. The lowest BCUT2D eigenvalue weighted by Gasteiger charge is -2.38. The minimum Gasteiger partial charge on any atom is -0.464 e. The van der Waals surface area contributed by atoms with Crippen LogP contribution in [0.4, 0.5) is 5.69 Å². The number of nitro benzene ring substituents is 1. The fourth-order valence-electron chi connectivity index (χ4n) is 4.25. The minimum absolute atomic E-state index is 0.0300. The minimum atomic E-state index is -0.484. The fourth-order valence-corrected chi connectivity index (χ4v) is 4.43. The molecule has 2 atom stereocenters. The molecule has 6 nitrogen and oxygen atoms in total. The van der Waals surface area contributed by atoms with E-state index in [1.165, 1.54) is 23.3 Å². The van der Waals surface area contributed by atoms with Crippen molar-refractivity contribution in [3.05, 3.63) is 104 Å². The summed E-state index contributed by atoms with van der Waals surface area (Å²) in [7, 11) is 0. The van der Waals surface area contributed by atoms with Crippen LogP contribution in [0.1, 0.15) is 46.5 Å². The molecule has 0 bridgehead atoms. The van der Waals surface area contributed by atoms with Crippen molar-refractivity contribution in [3.8, 4) is 5.75 Å². The van der Waals surface area contributed by atoms with E-state index in [1.54, 1.807) is 12.1 Å². The van der Waals surface area contributed by atoms with Crippen LogP contribution < -0.4 is 4.74 Å². The monoisotopic (exact) mass is 433 g/mol. The van der Waals surface area contributed by atoms with E-state index in [9.17, 15) is 10.1 Å². The van der Waals surface area contributed by atoms with Crippen molar-refractivity contribution in [3.63, 3.8) is 0 Å².